The maximum atomic E-state index is 10.2. The molecule has 2 nitrogen and oxygen atoms in total. The molecule has 11 heavy (non-hydrogen) atoms. The van der Waals surface area contributed by atoms with Crippen molar-refractivity contribution in [2.45, 2.75) is 6.42 Å². The van der Waals surface area contributed by atoms with Gasteiger partial charge in [0.1, 0.15) is 0 Å². The Balaban J connectivity index is -0.000000333. The summed E-state index contributed by atoms with van der Waals surface area (Å²) < 4.78 is 0. The molecule has 0 aromatic heterocycles. The average Bonchev–Trinajstić information content (AvgIpc) is 1.88. The first-order valence-corrected chi connectivity index (χ1v) is 3.05. The summed E-state index contributed by atoms with van der Waals surface area (Å²) in [6, 6.07) is 9.13. The first-order valence-electron chi connectivity index (χ1n) is 3.05. The molecule has 0 aliphatic heterocycles. The fourth-order valence-corrected chi connectivity index (χ4v) is 0.770. The third kappa shape index (κ3) is 4.40. The normalized spacial score (nSPS) is 8.36. The summed E-state index contributed by atoms with van der Waals surface area (Å²) in [5.74, 6) is -0.786. The van der Waals surface area contributed by atoms with E-state index in [1.165, 1.54) is 0 Å². The van der Waals surface area contributed by atoms with Crippen LogP contribution in [0.4, 0.5) is 0 Å². The molecule has 1 aromatic carbocycles. The fraction of sp³-hybridized carbons (Fsp3) is 0.125. The van der Waals surface area contributed by atoms with Crippen LogP contribution in [0.25, 0.3) is 0 Å². The third-order valence-corrected chi connectivity index (χ3v) is 1.20. The molecule has 56 valence electrons. The van der Waals surface area contributed by atoms with E-state index in [1.54, 1.807) is 12.1 Å². The van der Waals surface area contributed by atoms with Crippen LogP contribution in [0.1, 0.15) is 8.42 Å². The molecule has 3 heteroatoms. The van der Waals surface area contributed by atoms with Gasteiger partial charge < -0.3 is 7.96 Å². The van der Waals surface area contributed by atoms with Crippen molar-refractivity contribution >= 4 is 43.7 Å². The van der Waals surface area contributed by atoms with Crippen LogP contribution in [0.2, 0.25) is 0 Å². The Hall–Kier alpha value is -0.0503. The maximum Gasteiger partial charge on any atom is 2.00 e. The summed E-state index contributed by atoms with van der Waals surface area (Å²) in [6.07, 6.45) is 0.112. The summed E-state index contributed by atoms with van der Waals surface area (Å²) in [5, 5.41) is 8.37. The molecule has 0 heterocycles. The van der Waals surface area contributed by atoms with Crippen LogP contribution in [-0.4, -0.2) is 48.8 Å². The zero-order valence-electron chi connectivity index (χ0n) is 8.16. The van der Waals surface area contributed by atoms with Gasteiger partial charge in [-0.15, -0.1) is 0 Å². The minimum Gasteiger partial charge on any atom is -1.00 e. The second kappa shape index (κ2) is 5.58. The third-order valence-electron chi connectivity index (χ3n) is 1.20. The van der Waals surface area contributed by atoms with Crippen LogP contribution in [-0.2, 0) is 11.2 Å². The predicted molar refractivity (Wildman–Crippen MR) is 45.8 cm³/mol. The summed E-state index contributed by atoms with van der Waals surface area (Å²) in [6.45, 7) is 0. The smallest absolute Gasteiger partial charge is 1.00 e. The van der Waals surface area contributed by atoms with Crippen LogP contribution in [0.5, 0.6) is 0 Å². The zero-order chi connectivity index (χ0) is 7.40. The molecule has 0 saturated carbocycles. The van der Waals surface area contributed by atoms with Gasteiger partial charge in [-0.05, 0) is 5.56 Å². The fourth-order valence-electron chi connectivity index (χ4n) is 0.770. The molecular weight excluding hydrogens is 168 g/mol. The first-order chi connectivity index (χ1) is 4.79. The first kappa shape index (κ1) is 10.9. The topological polar surface area (TPSA) is 37.3 Å². The molecule has 0 aliphatic rings. The van der Waals surface area contributed by atoms with Crippen LogP contribution in [0, 0.1) is 0 Å². The maximum absolute atomic E-state index is 10.2. The Kier molecular flexibility index (Phi) is 5.56. The van der Waals surface area contributed by atoms with Crippen molar-refractivity contribution in [1.29, 1.82) is 0 Å². The van der Waals surface area contributed by atoms with Gasteiger partial charge in [-0.3, -0.25) is 4.79 Å². The minimum absolute atomic E-state index is 0. The number of rotatable bonds is 2. The summed E-state index contributed by atoms with van der Waals surface area (Å²) >= 11 is 0. The van der Waals surface area contributed by atoms with Gasteiger partial charge in [0, 0.05) is 0 Å². The van der Waals surface area contributed by atoms with Gasteiger partial charge >= 0.3 is 43.7 Å². The largest absolute Gasteiger partial charge is 2.00 e. The van der Waals surface area contributed by atoms with Crippen molar-refractivity contribution in [3.8, 4) is 0 Å². The average molecular weight is 178 g/mol. The number of aliphatic carboxylic acids is 1. The number of carbonyl (C=O) groups is 1. The Morgan fingerprint density at radius 2 is 1.91 bits per heavy atom. The van der Waals surface area contributed by atoms with E-state index in [4.69, 9.17) is 5.11 Å². The molecule has 0 aliphatic carbocycles. The number of carboxylic acids is 1. The van der Waals surface area contributed by atoms with Crippen molar-refractivity contribution in [2.75, 3.05) is 0 Å². The van der Waals surface area contributed by atoms with Gasteiger partial charge in [-0.1, -0.05) is 30.3 Å². The van der Waals surface area contributed by atoms with Crippen LogP contribution < -0.4 is 0 Å². The number of hydrogen-bond donors (Lipinski definition) is 1. The molecule has 0 unspecified atom stereocenters. The van der Waals surface area contributed by atoms with E-state index in [0.29, 0.717) is 0 Å². The summed E-state index contributed by atoms with van der Waals surface area (Å²) in [7, 11) is 0. The molecule has 0 spiro atoms. The summed E-state index contributed by atoms with van der Waals surface area (Å²) in [5.41, 5.74) is 0.843. The monoisotopic (exact) mass is 178 g/mol. The SMILES string of the molecule is O=C(O)Cc1ccccc1.[Ca+2].[H-].[H-]. The molecular formula is C8H10CaO2. The van der Waals surface area contributed by atoms with Crippen molar-refractivity contribution < 1.29 is 12.8 Å². The van der Waals surface area contributed by atoms with Crippen molar-refractivity contribution in [3.05, 3.63) is 35.9 Å². The number of carboxylic acid groups (broad SMARTS) is 1. The Morgan fingerprint density at radius 1 is 1.36 bits per heavy atom. The van der Waals surface area contributed by atoms with Crippen LogP contribution >= 0.6 is 0 Å². The van der Waals surface area contributed by atoms with Gasteiger partial charge in [0.2, 0.25) is 0 Å². The second-order valence-corrected chi connectivity index (χ2v) is 2.06. The molecule has 0 amide bonds. The van der Waals surface area contributed by atoms with Gasteiger partial charge in [-0.2, -0.15) is 0 Å². The van der Waals surface area contributed by atoms with E-state index >= 15 is 0 Å². The Morgan fingerprint density at radius 3 is 2.36 bits per heavy atom. The molecule has 0 fully saturated rings. The molecule has 1 aromatic rings. The van der Waals surface area contributed by atoms with Crippen molar-refractivity contribution in [3.63, 3.8) is 0 Å². The number of hydrogen-bond acceptors (Lipinski definition) is 1. The summed E-state index contributed by atoms with van der Waals surface area (Å²) in [4.78, 5) is 10.2. The van der Waals surface area contributed by atoms with Crippen molar-refractivity contribution in [1.82, 2.24) is 0 Å². The van der Waals surface area contributed by atoms with E-state index in [2.05, 4.69) is 0 Å². The van der Waals surface area contributed by atoms with E-state index < -0.39 is 5.97 Å². The molecule has 1 N–H and O–H groups in total. The van der Waals surface area contributed by atoms with E-state index in [1.807, 2.05) is 18.2 Å². The minimum atomic E-state index is -0.786. The Bertz CT molecular complexity index is 229. The molecule has 0 radical (unpaired) electrons. The molecule has 0 atom stereocenters. The van der Waals surface area contributed by atoms with Crippen molar-refractivity contribution in [2.24, 2.45) is 0 Å². The Labute approximate surface area is 98.2 Å². The van der Waals surface area contributed by atoms with Gasteiger partial charge in [0.15, 0.2) is 0 Å². The predicted octanol–water partition coefficient (Wildman–Crippen LogP) is 1.16. The quantitative estimate of drug-likeness (QED) is 0.690. The molecule has 1 rings (SSSR count). The van der Waals surface area contributed by atoms with Gasteiger partial charge in [0.05, 0.1) is 6.42 Å². The number of benzene rings is 1. The van der Waals surface area contributed by atoms with E-state index in [0.717, 1.165) is 5.56 Å². The van der Waals surface area contributed by atoms with Crippen LogP contribution in [0.3, 0.4) is 0 Å². The molecule has 0 bridgehead atoms. The van der Waals surface area contributed by atoms with Gasteiger partial charge in [0.25, 0.3) is 0 Å². The zero-order valence-corrected chi connectivity index (χ0v) is 8.36. The van der Waals surface area contributed by atoms with Gasteiger partial charge in [-0.25, -0.2) is 0 Å². The second-order valence-electron chi connectivity index (χ2n) is 2.06. The standard InChI is InChI=1S/C8H8O2.Ca.2H/c9-8(10)6-7-4-2-1-3-5-7;;;/h1-5H,6H2,(H,9,10);;;/q;+2;2*-1. The van der Waals surface area contributed by atoms with E-state index in [-0.39, 0.29) is 47.0 Å². The van der Waals surface area contributed by atoms with Crippen LogP contribution in [0.15, 0.2) is 30.3 Å². The molecule has 0 saturated heterocycles. The van der Waals surface area contributed by atoms with E-state index in [9.17, 15) is 4.79 Å².